The number of imidazole rings is 1. The summed E-state index contributed by atoms with van der Waals surface area (Å²) < 4.78 is 39.5. The van der Waals surface area contributed by atoms with Crippen LogP contribution in [0.1, 0.15) is 12.6 Å². The molecule has 0 saturated heterocycles. The van der Waals surface area contributed by atoms with Crippen LogP contribution in [-0.2, 0) is 6.42 Å². The van der Waals surface area contributed by atoms with Crippen molar-refractivity contribution in [2.24, 2.45) is 5.73 Å². The number of alkyl halides is 3. The van der Waals surface area contributed by atoms with Gasteiger partial charge < -0.3 is 10.6 Å². The van der Waals surface area contributed by atoms with Gasteiger partial charge in [-0.1, -0.05) is 0 Å². The molecular formula is C11H15F3N4S. The molecule has 2 aromatic heterocycles. The summed E-state index contributed by atoms with van der Waals surface area (Å²) >= 11 is 1.40. The maximum atomic E-state index is 12.6. The van der Waals surface area contributed by atoms with Gasteiger partial charge in [0.25, 0.3) is 0 Å². The molecule has 0 aromatic carbocycles. The summed E-state index contributed by atoms with van der Waals surface area (Å²) in [4.78, 5) is 6.23. The van der Waals surface area contributed by atoms with Gasteiger partial charge in [0, 0.05) is 24.5 Å². The van der Waals surface area contributed by atoms with Crippen LogP contribution in [0.4, 0.5) is 19.0 Å². The van der Waals surface area contributed by atoms with E-state index in [-0.39, 0.29) is 6.54 Å². The van der Waals surface area contributed by atoms with Crippen molar-refractivity contribution in [3.8, 4) is 0 Å². The molecule has 0 aliphatic heterocycles. The van der Waals surface area contributed by atoms with Gasteiger partial charge in [0.2, 0.25) is 0 Å². The van der Waals surface area contributed by atoms with Crippen LogP contribution in [0.3, 0.4) is 0 Å². The highest BCUT2D eigenvalue weighted by molar-refractivity contribution is 7.15. The molecule has 8 heteroatoms. The first-order valence-electron chi connectivity index (χ1n) is 5.92. The van der Waals surface area contributed by atoms with E-state index in [0.29, 0.717) is 23.7 Å². The van der Waals surface area contributed by atoms with E-state index >= 15 is 0 Å². The number of hydrogen-bond donors (Lipinski definition) is 1. The van der Waals surface area contributed by atoms with Gasteiger partial charge in [-0.2, -0.15) is 13.2 Å². The monoisotopic (exact) mass is 292 g/mol. The van der Waals surface area contributed by atoms with E-state index in [1.807, 2.05) is 16.0 Å². The molecule has 0 aliphatic rings. The van der Waals surface area contributed by atoms with Crippen molar-refractivity contribution < 1.29 is 13.2 Å². The summed E-state index contributed by atoms with van der Waals surface area (Å²) in [5.41, 5.74) is 6.28. The van der Waals surface area contributed by atoms with Crippen molar-refractivity contribution in [2.45, 2.75) is 19.5 Å². The molecule has 2 N–H and O–H groups in total. The highest BCUT2D eigenvalue weighted by Gasteiger charge is 2.32. The molecular weight excluding hydrogens is 277 g/mol. The van der Waals surface area contributed by atoms with Crippen LogP contribution in [0.15, 0.2) is 11.6 Å². The Balaban J connectivity index is 2.40. The molecule has 2 aromatic rings. The highest BCUT2D eigenvalue weighted by Crippen LogP contribution is 2.27. The predicted octanol–water partition coefficient (Wildman–Crippen LogP) is 2.29. The van der Waals surface area contributed by atoms with Crippen LogP contribution in [-0.4, -0.2) is 35.2 Å². The van der Waals surface area contributed by atoms with Crippen LogP contribution in [0.2, 0.25) is 0 Å². The lowest BCUT2D eigenvalue weighted by Gasteiger charge is -2.23. The van der Waals surface area contributed by atoms with Crippen molar-refractivity contribution in [2.75, 3.05) is 24.5 Å². The molecule has 0 unspecified atom stereocenters. The standard InChI is InChI=1S/C11H15F3N4S/c1-2-17(7-11(12,13)14)9-8(3-4-15)18-5-6-19-10(18)16-9/h5-6H,2-4,7,15H2,1H3. The van der Waals surface area contributed by atoms with Crippen molar-refractivity contribution in [3.63, 3.8) is 0 Å². The number of fused-ring (bicyclic) bond motifs is 1. The van der Waals surface area contributed by atoms with Crippen molar-refractivity contribution in [1.82, 2.24) is 9.38 Å². The van der Waals surface area contributed by atoms with Crippen LogP contribution >= 0.6 is 11.3 Å². The van der Waals surface area contributed by atoms with E-state index in [1.165, 1.54) is 16.2 Å². The second-order valence-corrected chi connectivity index (χ2v) is 4.98. The van der Waals surface area contributed by atoms with E-state index < -0.39 is 12.7 Å². The SMILES string of the molecule is CCN(CC(F)(F)F)c1nc2sccn2c1CCN. The maximum Gasteiger partial charge on any atom is 0.405 e. The minimum atomic E-state index is -4.24. The number of aromatic nitrogens is 2. The quantitative estimate of drug-likeness (QED) is 0.919. The molecule has 2 heterocycles. The number of hydrogen-bond acceptors (Lipinski definition) is 4. The summed E-state index contributed by atoms with van der Waals surface area (Å²) in [5.74, 6) is 0.386. The second kappa shape index (κ2) is 5.38. The number of thiazole rings is 1. The summed E-state index contributed by atoms with van der Waals surface area (Å²) in [6, 6.07) is 0. The third kappa shape index (κ3) is 3.01. The van der Waals surface area contributed by atoms with Crippen molar-refractivity contribution in [3.05, 3.63) is 17.3 Å². The fourth-order valence-corrected chi connectivity index (χ4v) is 2.72. The molecule has 2 rings (SSSR count). The fraction of sp³-hybridized carbons (Fsp3) is 0.545. The Morgan fingerprint density at radius 1 is 1.47 bits per heavy atom. The van der Waals surface area contributed by atoms with E-state index in [9.17, 15) is 13.2 Å². The van der Waals surface area contributed by atoms with Gasteiger partial charge in [-0.3, -0.25) is 4.40 Å². The molecule has 0 aliphatic carbocycles. The Hall–Kier alpha value is -1.28. The summed E-state index contributed by atoms with van der Waals surface area (Å²) in [6.45, 7) is 1.32. The smallest absolute Gasteiger partial charge is 0.346 e. The third-order valence-electron chi connectivity index (χ3n) is 2.77. The zero-order valence-corrected chi connectivity index (χ0v) is 11.3. The predicted molar refractivity (Wildman–Crippen MR) is 69.8 cm³/mol. The van der Waals surface area contributed by atoms with Crippen molar-refractivity contribution in [1.29, 1.82) is 0 Å². The first kappa shape index (κ1) is 14.1. The van der Waals surface area contributed by atoms with Crippen LogP contribution < -0.4 is 10.6 Å². The van der Waals surface area contributed by atoms with Gasteiger partial charge in [-0.15, -0.1) is 11.3 Å². The molecule has 4 nitrogen and oxygen atoms in total. The first-order chi connectivity index (χ1) is 8.96. The van der Waals surface area contributed by atoms with Gasteiger partial charge in [-0.25, -0.2) is 4.98 Å². The minimum Gasteiger partial charge on any atom is -0.346 e. The first-order valence-corrected chi connectivity index (χ1v) is 6.80. The average molecular weight is 292 g/mol. The van der Waals surface area contributed by atoms with Crippen LogP contribution in [0.5, 0.6) is 0 Å². The maximum absolute atomic E-state index is 12.6. The molecule has 0 saturated carbocycles. The lowest BCUT2D eigenvalue weighted by atomic mass is 10.3. The Morgan fingerprint density at radius 2 is 2.21 bits per heavy atom. The molecule has 0 bridgehead atoms. The summed E-state index contributed by atoms with van der Waals surface area (Å²) in [6.07, 6.45) is -1.93. The number of nitrogens with two attached hydrogens (primary N) is 1. The number of rotatable bonds is 5. The minimum absolute atomic E-state index is 0.252. The number of halogens is 3. The molecule has 0 spiro atoms. The lowest BCUT2D eigenvalue weighted by Crippen LogP contribution is -2.35. The zero-order valence-electron chi connectivity index (χ0n) is 10.4. The Kier molecular flexibility index (Phi) is 4.00. The fourth-order valence-electron chi connectivity index (χ4n) is 2.00. The van der Waals surface area contributed by atoms with Gasteiger partial charge in [0.15, 0.2) is 10.8 Å². The molecule has 0 fully saturated rings. The highest BCUT2D eigenvalue weighted by atomic mass is 32.1. The number of anilines is 1. The van der Waals surface area contributed by atoms with Crippen molar-refractivity contribution >= 4 is 22.1 Å². The Bertz CT molecular complexity index is 546. The van der Waals surface area contributed by atoms with Gasteiger partial charge in [0.1, 0.15) is 6.54 Å². The third-order valence-corrected chi connectivity index (χ3v) is 3.53. The van der Waals surface area contributed by atoms with Gasteiger partial charge in [0.05, 0.1) is 5.69 Å². The van der Waals surface area contributed by atoms with Crippen LogP contribution in [0, 0.1) is 0 Å². The zero-order chi connectivity index (χ0) is 14.0. The Labute approximate surface area is 112 Å². The van der Waals surface area contributed by atoms with E-state index in [1.54, 1.807) is 6.92 Å². The Morgan fingerprint density at radius 3 is 2.79 bits per heavy atom. The largest absolute Gasteiger partial charge is 0.405 e. The normalized spacial score (nSPS) is 12.3. The van der Waals surface area contributed by atoms with E-state index in [4.69, 9.17) is 5.73 Å². The summed E-state index contributed by atoms with van der Waals surface area (Å²) in [7, 11) is 0. The average Bonchev–Trinajstić information content (AvgIpc) is 2.88. The molecule has 0 amide bonds. The van der Waals surface area contributed by atoms with E-state index in [2.05, 4.69) is 4.98 Å². The van der Waals surface area contributed by atoms with Gasteiger partial charge >= 0.3 is 6.18 Å². The molecule has 106 valence electrons. The van der Waals surface area contributed by atoms with Gasteiger partial charge in [-0.05, 0) is 13.5 Å². The topological polar surface area (TPSA) is 46.6 Å². The van der Waals surface area contributed by atoms with E-state index in [0.717, 1.165) is 5.69 Å². The molecule has 0 radical (unpaired) electrons. The summed E-state index contributed by atoms with van der Waals surface area (Å²) in [5, 5.41) is 1.85. The van der Waals surface area contributed by atoms with Crippen LogP contribution in [0.25, 0.3) is 4.96 Å². The molecule has 0 atom stereocenters. The molecule has 19 heavy (non-hydrogen) atoms. The second-order valence-electron chi connectivity index (χ2n) is 4.11. The number of nitrogens with zero attached hydrogens (tertiary/aromatic N) is 3. The lowest BCUT2D eigenvalue weighted by molar-refractivity contribution is -0.119.